The van der Waals surface area contributed by atoms with Gasteiger partial charge in [0.15, 0.2) is 0 Å². The Bertz CT molecular complexity index is 391. The van der Waals surface area contributed by atoms with Crippen molar-refractivity contribution < 1.29 is 9.53 Å². The number of carbonyl (C=O) groups is 1. The number of aryl methyl sites for hydroxylation is 1. The second-order valence-corrected chi connectivity index (χ2v) is 4.61. The Morgan fingerprint density at radius 2 is 2.18 bits per heavy atom. The minimum Gasteiger partial charge on any atom is -0.492 e. The van der Waals surface area contributed by atoms with Crippen LogP contribution in [0.5, 0.6) is 5.75 Å². The zero-order valence-electron chi connectivity index (χ0n) is 10.4. The third-order valence-electron chi connectivity index (χ3n) is 2.34. The Kier molecular flexibility index (Phi) is 5.29. The van der Waals surface area contributed by atoms with E-state index in [0.29, 0.717) is 18.2 Å². The first-order chi connectivity index (χ1) is 8.00. The Balaban J connectivity index is 2.31. The van der Waals surface area contributed by atoms with Gasteiger partial charge in [-0.05, 0) is 24.6 Å². The molecule has 0 spiro atoms. The van der Waals surface area contributed by atoms with Crippen molar-refractivity contribution in [3.63, 3.8) is 0 Å². The number of nitrogens with one attached hydrogen (secondary N) is 1. The number of carbonyl (C=O) groups excluding carboxylic acids is 1. The second kappa shape index (κ2) is 6.50. The van der Waals surface area contributed by atoms with Crippen molar-refractivity contribution in [1.82, 2.24) is 5.32 Å². The first-order valence-electron chi connectivity index (χ1n) is 5.67. The molecule has 0 bridgehead atoms. The van der Waals surface area contributed by atoms with Gasteiger partial charge < -0.3 is 10.1 Å². The molecule has 94 valence electrons. The van der Waals surface area contributed by atoms with Gasteiger partial charge in [0, 0.05) is 10.9 Å². The van der Waals surface area contributed by atoms with Crippen molar-refractivity contribution in [3.05, 3.63) is 28.8 Å². The maximum atomic E-state index is 11.3. The highest BCUT2D eigenvalue weighted by atomic mass is 35.5. The van der Waals surface area contributed by atoms with Crippen LogP contribution in [-0.4, -0.2) is 19.1 Å². The number of hydrogen-bond acceptors (Lipinski definition) is 2. The monoisotopic (exact) mass is 255 g/mol. The lowest BCUT2D eigenvalue weighted by Gasteiger charge is -2.10. The van der Waals surface area contributed by atoms with Crippen LogP contribution in [0.1, 0.15) is 19.4 Å². The molecule has 0 radical (unpaired) electrons. The van der Waals surface area contributed by atoms with Crippen LogP contribution in [0.15, 0.2) is 18.2 Å². The molecule has 0 unspecified atom stereocenters. The molecule has 1 N–H and O–H groups in total. The van der Waals surface area contributed by atoms with Gasteiger partial charge in [-0.25, -0.2) is 0 Å². The zero-order chi connectivity index (χ0) is 12.8. The third-order valence-corrected chi connectivity index (χ3v) is 2.74. The van der Waals surface area contributed by atoms with E-state index in [4.69, 9.17) is 16.3 Å². The number of amides is 1. The van der Waals surface area contributed by atoms with Gasteiger partial charge in [-0.3, -0.25) is 4.79 Å². The van der Waals surface area contributed by atoms with Crippen molar-refractivity contribution in [3.8, 4) is 5.75 Å². The lowest BCUT2D eigenvalue weighted by molar-refractivity contribution is -0.124. The average molecular weight is 256 g/mol. The summed E-state index contributed by atoms with van der Waals surface area (Å²) < 4.78 is 5.47. The van der Waals surface area contributed by atoms with Crippen LogP contribution in [0.3, 0.4) is 0 Å². The highest BCUT2D eigenvalue weighted by Crippen LogP contribution is 2.21. The predicted octanol–water partition coefficient (Wildman–Crippen LogP) is 2.80. The van der Waals surface area contributed by atoms with Gasteiger partial charge in [0.25, 0.3) is 0 Å². The minimum absolute atomic E-state index is 0.00354. The van der Waals surface area contributed by atoms with Crippen molar-refractivity contribution in [2.24, 2.45) is 5.92 Å². The summed E-state index contributed by atoms with van der Waals surface area (Å²) in [6, 6.07) is 5.55. The van der Waals surface area contributed by atoms with E-state index in [9.17, 15) is 4.79 Å². The van der Waals surface area contributed by atoms with Crippen LogP contribution in [-0.2, 0) is 4.79 Å². The van der Waals surface area contributed by atoms with Gasteiger partial charge in [0.05, 0.1) is 6.54 Å². The topological polar surface area (TPSA) is 38.3 Å². The Labute approximate surface area is 107 Å². The summed E-state index contributed by atoms with van der Waals surface area (Å²) in [5.41, 5.74) is 1.02. The quantitative estimate of drug-likeness (QED) is 0.822. The Hall–Kier alpha value is -1.22. The summed E-state index contributed by atoms with van der Waals surface area (Å²) in [6.45, 7) is 6.60. The van der Waals surface area contributed by atoms with Crippen LogP contribution in [0.2, 0.25) is 5.02 Å². The van der Waals surface area contributed by atoms with Crippen LogP contribution < -0.4 is 10.1 Å². The predicted molar refractivity (Wildman–Crippen MR) is 69.5 cm³/mol. The largest absolute Gasteiger partial charge is 0.492 e. The lowest BCUT2D eigenvalue weighted by Crippen LogP contribution is -2.31. The molecule has 0 atom stereocenters. The number of rotatable bonds is 5. The third kappa shape index (κ3) is 4.65. The van der Waals surface area contributed by atoms with Gasteiger partial charge in [0.1, 0.15) is 12.4 Å². The smallest absolute Gasteiger partial charge is 0.222 e. The number of benzene rings is 1. The first-order valence-corrected chi connectivity index (χ1v) is 6.05. The molecule has 1 rings (SSSR count). The number of ether oxygens (including phenoxy) is 1. The lowest BCUT2D eigenvalue weighted by atomic mass is 10.2. The molecular formula is C13H18ClNO2. The summed E-state index contributed by atoms with van der Waals surface area (Å²) in [5, 5.41) is 3.47. The van der Waals surface area contributed by atoms with Crippen molar-refractivity contribution in [2.45, 2.75) is 20.8 Å². The van der Waals surface area contributed by atoms with Gasteiger partial charge in [-0.2, -0.15) is 0 Å². The molecule has 3 nitrogen and oxygen atoms in total. The van der Waals surface area contributed by atoms with Gasteiger partial charge >= 0.3 is 0 Å². The summed E-state index contributed by atoms with van der Waals surface area (Å²) in [4.78, 5) is 11.3. The molecule has 1 aromatic rings. The normalized spacial score (nSPS) is 10.4. The van der Waals surface area contributed by atoms with E-state index in [2.05, 4.69) is 5.32 Å². The SMILES string of the molecule is Cc1ccc(OCCNC(=O)C(C)C)cc1Cl. The van der Waals surface area contributed by atoms with Crippen molar-refractivity contribution in [2.75, 3.05) is 13.2 Å². The minimum atomic E-state index is 0.00354. The van der Waals surface area contributed by atoms with Crippen LogP contribution >= 0.6 is 11.6 Å². The highest BCUT2D eigenvalue weighted by molar-refractivity contribution is 6.31. The standard InChI is InChI=1S/C13H18ClNO2/c1-9(2)13(16)15-6-7-17-11-5-4-10(3)12(14)8-11/h4-5,8-9H,6-7H2,1-3H3,(H,15,16). The molecule has 1 aromatic carbocycles. The Morgan fingerprint density at radius 1 is 1.47 bits per heavy atom. The summed E-state index contributed by atoms with van der Waals surface area (Å²) in [7, 11) is 0. The fraction of sp³-hybridized carbons (Fsp3) is 0.462. The fourth-order valence-electron chi connectivity index (χ4n) is 1.21. The van der Waals surface area contributed by atoms with Gasteiger partial charge in [-0.15, -0.1) is 0 Å². The number of hydrogen-bond donors (Lipinski definition) is 1. The molecule has 0 fully saturated rings. The maximum Gasteiger partial charge on any atom is 0.222 e. The molecule has 0 aliphatic heterocycles. The van der Waals surface area contributed by atoms with E-state index < -0.39 is 0 Å². The zero-order valence-corrected chi connectivity index (χ0v) is 11.2. The van der Waals surface area contributed by atoms with Crippen LogP contribution in [0.4, 0.5) is 0 Å². The molecule has 0 heterocycles. The molecule has 0 saturated carbocycles. The molecule has 0 aromatic heterocycles. The molecular weight excluding hydrogens is 238 g/mol. The van der Waals surface area contributed by atoms with E-state index in [1.807, 2.05) is 32.9 Å². The van der Waals surface area contributed by atoms with Crippen molar-refractivity contribution >= 4 is 17.5 Å². The van der Waals surface area contributed by atoms with E-state index in [1.165, 1.54) is 0 Å². The van der Waals surface area contributed by atoms with Crippen molar-refractivity contribution in [1.29, 1.82) is 0 Å². The molecule has 0 saturated heterocycles. The maximum absolute atomic E-state index is 11.3. The van der Waals surface area contributed by atoms with Gasteiger partial charge in [-0.1, -0.05) is 31.5 Å². The number of halogens is 1. The van der Waals surface area contributed by atoms with E-state index in [-0.39, 0.29) is 11.8 Å². The fourth-order valence-corrected chi connectivity index (χ4v) is 1.38. The molecule has 0 aliphatic rings. The molecule has 1 amide bonds. The van der Waals surface area contributed by atoms with E-state index in [1.54, 1.807) is 6.07 Å². The van der Waals surface area contributed by atoms with Gasteiger partial charge in [0.2, 0.25) is 5.91 Å². The van der Waals surface area contributed by atoms with Crippen LogP contribution in [0.25, 0.3) is 0 Å². The molecule has 4 heteroatoms. The molecule has 17 heavy (non-hydrogen) atoms. The summed E-state index contributed by atoms with van der Waals surface area (Å²) in [6.07, 6.45) is 0. The summed E-state index contributed by atoms with van der Waals surface area (Å²) in [5.74, 6) is 0.763. The average Bonchev–Trinajstić information content (AvgIpc) is 2.28. The summed E-state index contributed by atoms with van der Waals surface area (Å²) >= 11 is 5.97. The first kappa shape index (κ1) is 13.8. The van der Waals surface area contributed by atoms with E-state index in [0.717, 1.165) is 11.3 Å². The second-order valence-electron chi connectivity index (χ2n) is 4.21. The van der Waals surface area contributed by atoms with Crippen LogP contribution in [0, 0.1) is 12.8 Å². The molecule has 0 aliphatic carbocycles. The highest BCUT2D eigenvalue weighted by Gasteiger charge is 2.05. The van der Waals surface area contributed by atoms with E-state index >= 15 is 0 Å². The Morgan fingerprint density at radius 3 is 2.76 bits per heavy atom.